The first kappa shape index (κ1) is 26.9. The largest absolute Gasteiger partial charge is 0.388 e. The highest BCUT2D eigenvalue weighted by Crippen LogP contribution is 2.39. The van der Waals surface area contributed by atoms with Crippen LogP contribution in [0.3, 0.4) is 0 Å². The van der Waals surface area contributed by atoms with Crippen molar-refractivity contribution < 1.29 is 43.7 Å². The van der Waals surface area contributed by atoms with E-state index in [1.54, 1.807) is 13.1 Å². The van der Waals surface area contributed by atoms with Gasteiger partial charge in [0.2, 0.25) is 0 Å². The summed E-state index contributed by atoms with van der Waals surface area (Å²) in [7, 11) is -8.31. The van der Waals surface area contributed by atoms with Crippen LogP contribution in [-0.4, -0.2) is 47.8 Å². The van der Waals surface area contributed by atoms with Crippen molar-refractivity contribution in [1.82, 2.24) is 0 Å². The molecule has 0 spiro atoms. The number of nitrogens with one attached hydrogen (secondary N) is 2. The maximum Gasteiger partial charge on any atom is 0.357 e. The molecule has 0 radical (unpaired) electrons. The first-order chi connectivity index (χ1) is 16.7. The Morgan fingerprint density at radius 3 is 2.22 bits per heavy atom. The van der Waals surface area contributed by atoms with E-state index >= 15 is 0 Å². The summed E-state index contributed by atoms with van der Waals surface area (Å²) in [6.45, 7) is 0. The Kier molecular flexibility index (Phi) is 7.57. The van der Waals surface area contributed by atoms with Gasteiger partial charge in [-0.3, -0.25) is 13.7 Å². The highest BCUT2D eigenvalue weighted by molar-refractivity contribution is 7.86. The molecule has 3 rings (SSSR count). The molecule has 0 aliphatic rings. The number of primary amides is 1. The SMILES string of the molecule is CNc1ccc(N=Nc2cc3c(S(=O)(=O)O)cc(S(=O)(=O)O)cc3cc2OS(=O)O)c(NC(N)=O)c1. The number of azo groups is 1. The number of benzene rings is 3. The fourth-order valence-corrected chi connectivity index (χ4v) is 4.66. The van der Waals surface area contributed by atoms with Crippen molar-refractivity contribution in [2.45, 2.75) is 9.79 Å². The number of nitrogens with two attached hydrogens (primary N) is 1. The molecule has 0 fully saturated rings. The minimum Gasteiger partial charge on any atom is -0.388 e. The normalized spacial score (nSPS) is 13.0. The molecule has 7 N–H and O–H groups in total. The van der Waals surface area contributed by atoms with Crippen molar-refractivity contribution in [2.75, 3.05) is 17.7 Å². The molecule has 3 aromatic carbocycles. The fourth-order valence-electron chi connectivity index (χ4n) is 3.02. The molecule has 15 nitrogen and oxygen atoms in total. The van der Waals surface area contributed by atoms with Crippen LogP contribution in [-0.2, 0) is 31.6 Å². The Bertz CT molecular complexity index is 1640. The molecule has 0 aliphatic carbocycles. The highest BCUT2D eigenvalue weighted by Gasteiger charge is 2.22. The van der Waals surface area contributed by atoms with Crippen LogP contribution < -0.4 is 20.6 Å². The lowest BCUT2D eigenvalue weighted by atomic mass is 10.1. The van der Waals surface area contributed by atoms with Crippen molar-refractivity contribution in [2.24, 2.45) is 16.0 Å². The molecule has 0 saturated carbocycles. The van der Waals surface area contributed by atoms with E-state index in [2.05, 4.69) is 20.9 Å². The van der Waals surface area contributed by atoms with Crippen LogP contribution in [0.2, 0.25) is 0 Å². The van der Waals surface area contributed by atoms with E-state index < -0.39 is 53.2 Å². The van der Waals surface area contributed by atoms with Gasteiger partial charge in [0.05, 0.1) is 10.6 Å². The van der Waals surface area contributed by atoms with Crippen molar-refractivity contribution in [3.63, 3.8) is 0 Å². The van der Waals surface area contributed by atoms with Crippen LogP contribution >= 0.6 is 0 Å². The standard InChI is InChI=1S/C18H17N5O10S3/c1-20-10-2-3-13(14(6-10)21-18(19)24)22-23-15-8-12-9(5-16(15)33-34(25)26)4-11(35(27,28)29)7-17(12)36(30,31)32/h2-8,20H,1H3,(H,25,26)(H3,19,21,24)(H,27,28,29)(H,30,31,32). The second-order valence-electron chi connectivity index (χ2n) is 6.88. The molecule has 0 bridgehead atoms. The van der Waals surface area contributed by atoms with Gasteiger partial charge >= 0.3 is 17.4 Å². The van der Waals surface area contributed by atoms with Gasteiger partial charge in [-0.1, -0.05) is 0 Å². The van der Waals surface area contributed by atoms with E-state index in [1.165, 1.54) is 12.1 Å². The fraction of sp³-hybridized carbons (Fsp3) is 0.0556. The van der Waals surface area contributed by atoms with Crippen LogP contribution in [0.25, 0.3) is 10.8 Å². The third-order valence-corrected chi connectivity index (χ3v) is 6.56. The van der Waals surface area contributed by atoms with E-state index in [0.717, 1.165) is 18.2 Å². The van der Waals surface area contributed by atoms with Crippen LogP contribution in [0.4, 0.5) is 27.5 Å². The number of urea groups is 1. The van der Waals surface area contributed by atoms with Gasteiger partial charge in [-0.2, -0.15) is 21.0 Å². The molecule has 2 amide bonds. The van der Waals surface area contributed by atoms with Crippen molar-refractivity contribution in [3.05, 3.63) is 42.5 Å². The first-order valence-electron chi connectivity index (χ1n) is 9.35. The van der Waals surface area contributed by atoms with Gasteiger partial charge in [-0.25, -0.2) is 4.79 Å². The van der Waals surface area contributed by atoms with Crippen LogP contribution in [0.5, 0.6) is 5.75 Å². The number of hydrogen-bond acceptors (Lipinski definition) is 10. The van der Waals surface area contributed by atoms with Crippen molar-refractivity contribution in [1.29, 1.82) is 0 Å². The second-order valence-corrected chi connectivity index (χ2v) is 10.3. The van der Waals surface area contributed by atoms with Crippen molar-refractivity contribution in [3.8, 4) is 5.75 Å². The van der Waals surface area contributed by atoms with Gasteiger partial charge in [0.15, 0.2) is 5.75 Å². The molecule has 1 atom stereocenters. The summed E-state index contributed by atoms with van der Waals surface area (Å²) in [4.78, 5) is 9.56. The Hall–Kier alpha value is -3.68. The summed E-state index contributed by atoms with van der Waals surface area (Å²) in [6, 6.07) is 6.89. The number of fused-ring (bicyclic) bond motifs is 1. The van der Waals surface area contributed by atoms with E-state index in [-0.39, 0.29) is 27.8 Å². The average molecular weight is 560 g/mol. The lowest BCUT2D eigenvalue weighted by molar-refractivity contribution is 0.259. The Labute approximate surface area is 206 Å². The summed E-state index contributed by atoms with van der Waals surface area (Å²) in [5.41, 5.74) is 5.62. The van der Waals surface area contributed by atoms with Crippen LogP contribution in [0.1, 0.15) is 0 Å². The minimum absolute atomic E-state index is 0.0701. The van der Waals surface area contributed by atoms with Gasteiger partial charge < -0.3 is 20.6 Å². The molecule has 3 aromatic rings. The third-order valence-electron chi connectivity index (χ3n) is 4.51. The number of carbonyl (C=O) groups excluding carboxylic acids is 1. The number of carbonyl (C=O) groups is 1. The van der Waals surface area contributed by atoms with Gasteiger partial charge in [-0.15, -0.1) is 10.2 Å². The molecule has 1 unspecified atom stereocenters. The number of anilines is 2. The van der Waals surface area contributed by atoms with Crippen LogP contribution in [0.15, 0.2) is 62.5 Å². The Balaban J connectivity index is 2.28. The van der Waals surface area contributed by atoms with E-state index in [1.807, 2.05) is 0 Å². The zero-order valence-electron chi connectivity index (χ0n) is 17.9. The Morgan fingerprint density at radius 2 is 1.67 bits per heavy atom. The summed E-state index contributed by atoms with van der Waals surface area (Å²) in [5.74, 6) is -0.447. The maximum absolute atomic E-state index is 11.9. The highest BCUT2D eigenvalue weighted by atomic mass is 32.2. The smallest absolute Gasteiger partial charge is 0.357 e. The molecule has 0 saturated heterocycles. The molecule has 0 aromatic heterocycles. The number of rotatable bonds is 8. The Morgan fingerprint density at radius 1 is 1.00 bits per heavy atom. The quantitative estimate of drug-likeness (QED) is 0.133. The molecular weight excluding hydrogens is 542 g/mol. The van der Waals surface area contributed by atoms with Gasteiger partial charge in [0.1, 0.15) is 16.3 Å². The summed E-state index contributed by atoms with van der Waals surface area (Å²) in [6.07, 6.45) is 0. The van der Waals surface area contributed by atoms with E-state index in [4.69, 9.17) is 9.92 Å². The predicted octanol–water partition coefficient (Wildman–Crippen LogP) is 2.80. The minimum atomic E-state index is -5.03. The van der Waals surface area contributed by atoms with E-state index in [0.29, 0.717) is 11.8 Å². The number of amides is 2. The van der Waals surface area contributed by atoms with Crippen LogP contribution in [0, 0.1) is 0 Å². The summed E-state index contributed by atoms with van der Waals surface area (Å²) in [5, 5.41) is 12.5. The number of hydrogen-bond donors (Lipinski definition) is 6. The zero-order chi connectivity index (χ0) is 26.8. The van der Waals surface area contributed by atoms with Gasteiger partial charge in [0, 0.05) is 18.1 Å². The first-order valence-corrected chi connectivity index (χ1v) is 13.3. The third kappa shape index (κ3) is 6.30. The summed E-state index contributed by atoms with van der Waals surface area (Å²) >= 11 is -2.90. The molecular formula is C18H17N5O10S3. The maximum atomic E-state index is 11.9. The molecule has 0 heterocycles. The van der Waals surface area contributed by atoms with Crippen molar-refractivity contribution >= 4 is 71.2 Å². The molecule has 192 valence electrons. The summed E-state index contributed by atoms with van der Waals surface area (Å²) < 4.78 is 91.3. The number of nitrogens with zero attached hydrogens (tertiary/aromatic N) is 2. The lowest BCUT2D eigenvalue weighted by Crippen LogP contribution is -2.19. The zero-order valence-corrected chi connectivity index (χ0v) is 20.4. The van der Waals surface area contributed by atoms with Gasteiger partial charge in [0.25, 0.3) is 20.2 Å². The monoisotopic (exact) mass is 559 g/mol. The second kappa shape index (κ2) is 10.1. The predicted molar refractivity (Wildman–Crippen MR) is 128 cm³/mol. The van der Waals surface area contributed by atoms with E-state index in [9.17, 15) is 39.5 Å². The van der Waals surface area contributed by atoms with Gasteiger partial charge in [-0.05, 0) is 47.9 Å². The average Bonchev–Trinajstić information content (AvgIpc) is 2.75. The molecule has 36 heavy (non-hydrogen) atoms. The molecule has 0 aliphatic heterocycles. The lowest BCUT2D eigenvalue weighted by Gasteiger charge is -2.11. The molecule has 18 heteroatoms. The topological polar surface area (TPSA) is 247 Å².